The van der Waals surface area contributed by atoms with E-state index >= 15 is 0 Å². The highest BCUT2D eigenvalue weighted by Crippen LogP contribution is 2.27. The zero-order valence-electron chi connectivity index (χ0n) is 9.02. The van der Waals surface area contributed by atoms with Gasteiger partial charge in [0.25, 0.3) is 0 Å². The molecule has 1 heterocycles. The minimum atomic E-state index is -3.83. The summed E-state index contributed by atoms with van der Waals surface area (Å²) in [5, 5.41) is 0.175. The smallest absolute Gasteiger partial charge is 0.242 e. The number of rotatable bonds is 3. The van der Waals surface area contributed by atoms with E-state index in [4.69, 9.17) is 23.2 Å². The predicted octanol–water partition coefficient (Wildman–Crippen LogP) is 2.30. The van der Waals surface area contributed by atoms with Gasteiger partial charge in [0, 0.05) is 10.8 Å². The van der Waals surface area contributed by atoms with Crippen molar-refractivity contribution in [3.05, 3.63) is 28.2 Å². The van der Waals surface area contributed by atoms with Crippen molar-refractivity contribution < 1.29 is 13.2 Å². The molecule has 0 saturated carbocycles. The number of thioether (sulfide) groups is 1. The van der Waals surface area contributed by atoms with Crippen LogP contribution in [-0.4, -0.2) is 25.3 Å². The minimum Gasteiger partial charge on any atom is -0.285 e. The molecule has 1 atom stereocenters. The third kappa shape index (κ3) is 3.00. The molecule has 1 N–H and O–H groups in total. The third-order valence-corrected chi connectivity index (χ3v) is 5.61. The first kappa shape index (κ1) is 14.1. The number of hydrogen-bond acceptors (Lipinski definition) is 4. The highest BCUT2D eigenvalue weighted by atomic mass is 35.5. The molecule has 0 aliphatic carbocycles. The van der Waals surface area contributed by atoms with Gasteiger partial charge in [0.05, 0.1) is 11.1 Å². The van der Waals surface area contributed by atoms with Gasteiger partial charge in [0.2, 0.25) is 15.1 Å². The third-order valence-electron chi connectivity index (χ3n) is 2.42. The Hall–Kier alpha value is -0.270. The summed E-state index contributed by atoms with van der Waals surface area (Å²) in [6.45, 7) is 0. The van der Waals surface area contributed by atoms with Crippen LogP contribution in [0.3, 0.4) is 0 Å². The standard InChI is InChI=1S/C10H9Cl2NO3S2/c11-6-1-2-7(12)9(5-6)18(15,16)13-8-3-4-17-10(8)14/h1-2,5,8,13H,3-4H2. The van der Waals surface area contributed by atoms with E-state index in [9.17, 15) is 13.2 Å². The fraction of sp³-hybridized carbons (Fsp3) is 0.300. The average molecular weight is 326 g/mol. The summed E-state index contributed by atoms with van der Waals surface area (Å²) < 4.78 is 26.5. The zero-order chi connectivity index (χ0) is 13.3. The summed E-state index contributed by atoms with van der Waals surface area (Å²) >= 11 is 12.7. The molecule has 1 aromatic carbocycles. The molecule has 0 radical (unpaired) electrons. The molecule has 0 amide bonds. The van der Waals surface area contributed by atoms with E-state index in [2.05, 4.69) is 4.72 Å². The quantitative estimate of drug-likeness (QED) is 0.926. The lowest BCUT2D eigenvalue weighted by Gasteiger charge is -2.12. The molecule has 8 heteroatoms. The van der Waals surface area contributed by atoms with Gasteiger partial charge in [-0.25, -0.2) is 8.42 Å². The molecular formula is C10H9Cl2NO3S2. The molecule has 1 aromatic rings. The van der Waals surface area contributed by atoms with Crippen LogP contribution in [0, 0.1) is 0 Å². The Labute approximate surface area is 119 Å². The molecule has 2 rings (SSSR count). The molecule has 18 heavy (non-hydrogen) atoms. The fourth-order valence-electron chi connectivity index (χ4n) is 1.54. The van der Waals surface area contributed by atoms with Gasteiger partial charge in [-0.3, -0.25) is 4.79 Å². The zero-order valence-corrected chi connectivity index (χ0v) is 12.2. The Morgan fingerprint density at radius 1 is 1.33 bits per heavy atom. The first-order valence-corrected chi connectivity index (χ1v) is 8.26. The minimum absolute atomic E-state index is 0.0741. The van der Waals surface area contributed by atoms with Crippen LogP contribution in [0.25, 0.3) is 0 Å². The highest BCUT2D eigenvalue weighted by molar-refractivity contribution is 8.14. The van der Waals surface area contributed by atoms with Gasteiger partial charge in [-0.05, 0) is 24.6 Å². The van der Waals surface area contributed by atoms with Crippen LogP contribution in [0.2, 0.25) is 10.0 Å². The van der Waals surface area contributed by atoms with E-state index in [1.165, 1.54) is 18.2 Å². The number of nitrogens with one attached hydrogen (secondary N) is 1. The molecule has 1 aliphatic heterocycles. The van der Waals surface area contributed by atoms with E-state index in [1.807, 2.05) is 0 Å². The van der Waals surface area contributed by atoms with Gasteiger partial charge in [0.15, 0.2) is 0 Å². The first-order valence-electron chi connectivity index (χ1n) is 5.04. The molecule has 1 aliphatic rings. The van der Waals surface area contributed by atoms with E-state index in [-0.39, 0.29) is 20.1 Å². The van der Waals surface area contributed by atoms with Crippen LogP contribution >= 0.6 is 35.0 Å². The molecule has 1 saturated heterocycles. The van der Waals surface area contributed by atoms with E-state index < -0.39 is 16.1 Å². The van der Waals surface area contributed by atoms with Crippen molar-refractivity contribution >= 4 is 50.1 Å². The van der Waals surface area contributed by atoms with Crippen molar-refractivity contribution in [1.29, 1.82) is 0 Å². The number of benzene rings is 1. The SMILES string of the molecule is O=C1SCCC1NS(=O)(=O)c1cc(Cl)ccc1Cl. The van der Waals surface area contributed by atoms with Gasteiger partial charge >= 0.3 is 0 Å². The van der Waals surface area contributed by atoms with Gasteiger partial charge < -0.3 is 0 Å². The first-order chi connectivity index (χ1) is 8.40. The lowest BCUT2D eigenvalue weighted by atomic mass is 10.3. The van der Waals surface area contributed by atoms with E-state index in [0.29, 0.717) is 12.2 Å². The van der Waals surface area contributed by atoms with Crippen LogP contribution in [-0.2, 0) is 14.8 Å². The van der Waals surface area contributed by atoms with Crippen LogP contribution < -0.4 is 4.72 Å². The maximum atomic E-state index is 12.1. The van der Waals surface area contributed by atoms with Crippen molar-refractivity contribution in [3.8, 4) is 0 Å². The summed E-state index contributed by atoms with van der Waals surface area (Å²) in [4.78, 5) is 11.3. The monoisotopic (exact) mass is 325 g/mol. The second-order valence-electron chi connectivity index (χ2n) is 3.70. The maximum Gasteiger partial charge on any atom is 0.242 e. The van der Waals surface area contributed by atoms with E-state index in [1.54, 1.807) is 0 Å². The molecule has 98 valence electrons. The summed E-state index contributed by atoms with van der Waals surface area (Å²) in [6.07, 6.45) is 0.487. The van der Waals surface area contributed by atoms with Gasteiger partial charge in [-0.15, -0.1) is 0 Å². The average Bonchev–Trinajstić information content (AvgIpc) is 2.67. The van der Waals surface area contributed by atoms with Crippen LogP contribution in [0.1, 0.15) is 6.42 Å². The fourth-order valence-corrected chi connectivity index (χ4v) is 4.54. The van der Waals surface area contributed by atoms with Gasteiger partial charge in [-0.1, -0.05) is 35.0 Å². The van der Waals surface area contributed by atoms with Gasteiger partial charge in [-0.2, -0.15) is 4.72 Å². The van der Waals surface area contributed by atoms with Crippen molar-refractivity contribution in [2.24, 2.45) is 0 Å². The Kier molecular flexibility index (Phi) is 4.23. The van der Waals surface area contributed by atoms with Gasteiger partial charge in [0.1, 0.15) is 4.90 Å². The van der Waals surface area contributed by atoms with Crippen LogP contribution in [0.15, 0.2) is 23.1 Å². The van der Waals surface area contributed by atoms with Crippen molar-refractivity contribution in [3.63, 3.8) is 0 Å². The molecule has 0 spiro atoms. The van der Waals surface area contributed by atoms with E-state index in [0.717, 1.165) is 11.8 Å². The second-order valence-corrected chi connectivity index (χ2v) is 7.33. The number of sulfonamides is 1. The van der Waals surface area contributed by atoms with Crippen molar-refractivity contribution in [2.45, 2.75) is 17.4 Å². The second kappa shape index (κ2) is 5.38. The van der Waals surface area contributed by atoms with Crippen molar-refractivity contribution in [1.82, 2.24) is 4.72 Å². The summed E-state index contributed by atoms with van der Waals surface area (Å²) in [5.74, 6) is 0.620. The Morgan fingerprint density at radius 2 is 2.06 bits per heavy atom. The highest BCUT2D eigenvalue weighted by Gasteiger charge is 2.31. The molecule has 4 nitrogen and oxygen atoms in total. The van der Waals surface area contributed by atoms with Crippen molar-refractivity contribution in [2.75, 3.05) is 5.75 Å². The Balaban J connectivity index is 2.30. The summed E-state index contributed by atoms with van der Waals surface area (Å²) in [5.41, 5.74) is 0. The van der Waals surface area contributed by atoms with Crippen LogP contribution in [0.5, 0.6) is 0 Å². The molecule has 1 unspecified atom stereocenters. The normalized spacial score (nSPS) is 20.3. The number of hydrogen-bond donors (Lipinski definition) is 1. The Bertz CT molecular complexity index is 589. The summed E-state index contributed by atoms with van der Waals surface area (Å²) in [7, 11) is -3.83. The summed E-state index contributed by atoms with van der Waals surface area (Å²) in [6, 6.07) is 3.48. The molecule has 0 aromatic heterocycles. The molecule has 1 fully saturated rings. The molecule has 0 bridgehead atoms. The largest absolute Gasteiger partial charge is 0.285 e. The Morgan fingerprint density at radius 3 is 2.67 bits per heavy atom. The number of carbonyl (C=O) groups is 1. The lowest BCUT2D eigenvalue weighted by molar-refractivity contribution is -0.111. The number of carbonyl (C=O) groups excluding carboxylic acids is 1. The van der Waals surface area contributed by atoms with Crippen LogP contribution in [0.4, 0.5) is 0 Å². The number of halogens is 2. The predicted molar refractivity (Wildman–Crippen MR) is 72.7 cm³/mol. The lowest BCUT2D eigenvalue weighted by Crippen LogP contribution is -2.37. The maximum absolute atomic E-state index is 12.1. The molecular weight excluding hydrogens is 317 g/mol. The topological polar surface area (TPSA) is 63.2 Å².